The van der Waals surface area contributed by atoms with Crippen molar-refractivity contribution in [2.45, 2.75) is 13.5 Å². The molecule has 0 bridgehead atoms. The van der Waals surface area contributed by atoms with E-state index in [1.165, 1.54) is 17.4 Å². The van der Waals surface area contributed by atoms with Gasteiger partial charge in [-0.25, -0.2) is 9.78 Å². The van der Waals surface area contributed by atoms with Crippen LogP contribution < -0.4 is 5.73 Å². The van der Waals surface area contributed by atoms with E-state index in [2.05, 4.69) is 4.98 Å². The monoisotopic (exact) mass is 282 g/mol. The molecule has 1 heterocycles. The van der Waals surface area contributed by atoms with E-state index in [0.717, 1.165) is 10.7 Å². The predicted molar refractivity (Wildman–Crippen MR) is 71.8 cm³/mol. The Morgan fingerprint density at radius 3 is 2.94 bits per heavy atom. The zero-order valence-corrected chi connectivity index (χ0v) is 11.2. The first-order valence-corrected chi connectivity index (χ1v) is 6.45. The number of hydrogen-bond acceptors (Lipinski definition) is 5. The van der Waals surface area contributed by atoms with Crippen LogP contribution in [-0.4, -0.2) is 11.0 Å². The number of nitrogen functional groups attached to an aromatic ring is 1. The topological polar surface area (TPSA) is 65.2 Å². The summed E-state index contributed by atoms with van der Waals surface area (Å²) in [6.07, 6.45) is 0. The standard InChI is InChI=1S/C12H11ClN2O2S/c1-7-15-9(6-18-7)5-17-12(16)8-2-3-10(13)11(14)4-8/h2-4,6H,5,14H2,1H3. The molecule has 18 heavy (non-hydrogen) atoms. The van der Waals surface area contributed by atoms with Gasteiger partial charge in [-0.2, -0.15) is 0 Å². The lowest BCUT2D eigenvalue weighted by Crippen LogP contribution is -2.06. The van der Waals surface area contributed by atoms with Crippen molar-refractivity contribution in [1.82, 2.24) is 4.98 Å². The SMILES string of the molecule is Cc1nc(COC(=O)c2ccc(Cl)c(N)c2)cs1. The number of nitrogens with zero attached hydrogens (tertiary/aromatic N) is 1. The van der Waals surface area contributed by atoms with Gasteiger partial charge in [-0.3, -0.25) is 0 Å². The molecule has 0 spiro atoms. The predicted octanol–water partition coefficient (Wildman–Crippen LogP) is 3.04. The molecule has 0 fully saturated rings. The molecule has 0 atom stereocenters. The second-order valence-corrected chi connectivity index (χ2v) is 5.14. The van der Waals surface area contributed by atoms with Crippen molar-refractivity contribution >= 4 is 34.6 Å². The van der Waals surface area contributed by atoms with Gasteiger partial charge in [-0.15, -0.1) is 11.3 Å². The van der Waals surface area contributed by atoms with E-state index in [4.69, 9.17) is 22.1 Å². The first-order valence-electron chi connectivity index (χ1n) is 5.19. The molecule has 0 saturated carbocycles. The van der Waals surface area contributed by atoms with Crippen molar-refractivity contribution < 1.29 is 9.53 Å². The summed E-state index contributed by atoms with van der Waals surface area (Å²) < 4.78 is 5.13. The number of benzene rings is 1. The number of rotatable bonds is 3. The summed E-state index contributed by atoms with van der Waals surface area (Å²) in [7, 11) is 0. The van der Waals surface area contributed by atoms with E-state index in [9.17, 15) is 4.79 Å². The molecule has 0 saturated heterocycles. The molecule has 0 aliphatic carbocycles. The second-order valence-electron chi connectivity index (χ2n) is 3.67. The lowest BCUT2D eigenvalue weighted by atomic mass is 10.2. The average Bonchev–Trinajstić information content (AvgIpc) is 2.75. The number of halogens is 1. The van der Waals surface area contributed by atoms with Crippen LogP contribution in [0.2, 0.25) is 5.02 Å². The Labute approximate surface area is 113 Å². The zero-order valence-electron chi connectivity index (χ0n) is 9.64. The number of carbonyl (C=O) groups is 1. The molecule has 4 nitrogen and oxygen atoms in total. The van der Waals surface area contributed by atoms with E-state index < -0.39 is 5.97 Å². The van der Waals surface area contributed by atoms with Gasteiger partial charge in [0.05, 0.1) is 27.0 Å². The van der Waals surface area contributed by atoms with Crippen LogP contribution in [0.1, 0.15) is 21.1 Å². The summed E-state index contributed by atoms with van der Waals surface area (Å²) in [4.78, 5) is 15.9. The summed E-state index contributed by atoms with van der Waals surface area (Å²) in [6.45, 7) is 2.06. The fourth-order valence-corrected chi connectivity index (χ4v) is 2.08. The highest BCUT2D eigenvalue weighted by atomic mass is 35.5. The number of aromatic nitrogens is 1. The molecule has 0 aliphatic heterocycles. The smallest absolute Gasteiger partial charge is 0.338 e. The van der Waals surface area contributed by atoms with Crippen LogP contribution in [-0.2, 0) is 11.3 Å². The Hall–Kier alpha value is -1.59. The maximum atomic E-state index is 11.7. The number of thiazole rings is 1. The summed E-state index contributed by atoms with van der Waals surface area (Å²) in [5, 5.41) is 3.22. The average molecular weight is 283 g/mol. The molecule has 0 amide bonds. The van der Waals surface area contributed by atoms with Gasteiger partial charge in [0.2, 0.25) is 0 Å². The van der Waals surface area contributed by atoms with Gasteiger partial charge in [0, 0.05) is 5.38 Å². The number of carbonyl (C=O) groups excluding carboxylic acids is 1. The number of anilines is 1. The highest BCUT2D eigenvalue weighted by Gasteiger charge is 2.10. The first-order chi connectivity index (χ1) is 8.56. The van der Waals surface area contributed by atoms with Crippen LogP contribution in [0.4, 0.5) is 5.69 Å². The Balaban J connectivity index is 2.01. The van der Waals surface area contributed by atoms with Gasteiger partial charge >= 0.3 is 5.97 Å². The van der Waals surface area contributed by atoms with E-state index >= 15 is 0 Å². The van der Waals surface area contributed by atoms with E-state index in [-0.39, 0.29) is 6.61 Å². The largest absolute Gasteiger partial charge is 0.456 e. The third-order valence-corrected chi connectivity index (χ3v) is 3.42. The molecule has 2 aromatic rings. The number of esters is 1. The van der Waals surface area contributed by atoms with Gasteiger partial charge in [-0.05, 0) is 25.1 Å². The lowest BCUT2D eigenvalue weighted by molar-refractivity contribution is 0.0468. The van der Waals surface area contributed by atoms with Gasteiger partial charge in [0.1, 0.15) is 6.61 Å². The Bertz CT molecular complexity index is 583. The fourth-order valence-electron chi connectivity index (χ4n) is 1.37. The van der Waals surface area contributed by atoms with E-state index in [1.807, 2.05) is 12.3 Å². The van der Waals surface area contributed by atoms with Crippen LogP contribution in [0.3, 0.4) is 0 Å². The summed E-state index contributed by atoms with van der Waals surface area (Å²) in [5.74, 6) is -0.441. The van der Waals surface area contributed by atoms with E-state index in [0.29, 0.717) is 16.3 Å². The minimum atomic E-state index is -0.441. The normalized spacial score (nSPS) is 10.3. The van der Waals surface area contributed by atoms with Crippen molar-refractivity contribution in [3.05, 3.63) is 44.9 Å². The van der Waals surface area contributed by atoms with Gasteiger partial charge in [0.15, 0.2) is 0 Å². The maximum absolute atomic E-state index is 11.7. The van der Waals surface area contributed by atoms with Crippen LogP contribution >= 0.6 is 22.9 Å². The van der Waals surface area contributed by atoms with Crippen LogP contribution in [0.15, 0.2) is 23.6 Å². The number of nitrogens with two attached hydrogens (primary N) is 1. The van der Waals surface area contributed by atoms with Crippen molar-refractivity contribution in [2.24, 2.45) is 0 Å². The highest BCUT2D eigenvalue weighted by Crippen LogP contribution is 2.20. The molecule has 2 rings (SSSR count). The molecule has 6 heteroatoms. The highest BCUT2D eigenvalue weighted by molar-refractivity contribution is 7.09. The van der Waals surface area contributed by atoms with Crippen LogP contribution in [0.25, 0.3) is 0 Å². The molecule has 1 aromatic heterocycles. The molecule has 1 aromatic carbocycles. The zero-order chi connectivity index (χ0) is 13.1. The summed E-state index contributed by atoms with van der Waals surface area (Å²) in [5.41, 5.74) is 7.10. The summed E-state index contributed by atoms with van der Waals surface area (Å²) in [6, 6.07) is 4.64. The minimum Gasteiger partial charge on any atom is -0.456 e. The van der Waals surface area contributed by atoms with Gasteiger partial charge in [-0.1, -0.05) is 11.6 Å². The number of aryl methyl sites for hydroxylation is 1. The van der Waals surface area contributed by atoms with Crippen molar-refractivity contribution in [2.75, 3.05) is 5.73 Å². The van der Waals surface area contributed by atoms with Crippen LogP contribution in [0.5, 0.6) is 0 Å². The first kappa shape index (κ1) is 12.9. The fraction of sp³-hybridized carbons (Fsp3) is 0.167. The summed E-state index contributed by atoms with van der Waals surface area (Å²) >= 11 is 7.29. The lowest BCUT2D eigenvalue weighted by Gasteiger charge is -2.04. The van der Waals surface area contributed by atoms with Gasteiger partial charge in [0.25, 0.3) is 0 Å². The third kappa shape index (κ3) is 3.00. The Morgan fingerprint density at radius 2 is 2.33 bits per heavy atom. The molecule has 0 radical (unpaired) electrons. The number of ether oxygens (including phenoxy) is 1. The number of hydrogen-bond donors (Lipinski definition) is 1. The van der Waals surface area contributed by atoms with Crippen molar-refractivity contribution in [3.63, 3.8) is 0 Å². The Morgan fingerprint density at radius 1 is 1.56 bits per heavy atom. The molecular weight excluding hydrogens is 272 g/mol. The van der Waals surface area contributed by atoms with Gasteiger partial charge < -0.3 is 10.5 Å². The van der Waals surface area contributed by atoms with Crippen molar-refractivity contribution in [3.8, 4) is 0 Å². The molecule has 0 unspecified atom stereocenters. The second kappa shape index (κ2) is 5.37. The minimum absolute atomic E-state index is 0.158. The molecule has 2 N–H and O–H groups in total. The quantitative estimate of drug-likeness (QED) is 0.694. The van der Waals surface area contributed by atoms with Crippen molar-refractivity contribution in [1.29, 1.82) is 0 Å². The van der Waals surface area contributed by atoms with Crippen LogP contribution in [0, 0.1) is 6.92 Å². The maximum Gasteiger partial charge on any atom is 0.338 e. The molecule has 0 aliphatic rings. The molecular formula is C12H11ClN2O2S. The van der Waals surface area contributed by atoms with E-state index in [1.54, 1.807) is 12.1 Å². The third-order valence-electron chi connectivity index (χ3n) is 2.25. The molecule has 94 valence electrons. The Kier molecular flexibility index (Phi) is 3.84.